The van der Waals surface area contributed by atoms with Gasteiger partial charge < -0.3 is 14.7 Å². The number of nitrogens with zero attached hydrogens (tertiary/aromatic N) is 4. The molecule has 0 spiro atoms. The summed E-state index contributed by atoms with van der Waals surface area (Å²) in [6.07, 6.45) is 3.33. The van der Waals surface area contributed by atoms with Crippen molar-refractivity contribution in [1.29, 1.82) is 0 Å². The average molecular weight is 408 g/mol. The minimum absolute atomic E-state index is 0.0139. The molecular weight excluding hydrogens is 382 g/mol. The van der Waals surface area contributed by atoms with Gasteiger partial charge in [0, 0.05) is 31.1 Å². The van der Waals surface area contributed by atoms with E-state index < -0.39 is 28.9 Å². The molecule has 0 radical (unpaired) electrons. The van der Waals surface area contributed by atoms with Gasteiger partial charge in [0.1, 0.15) is 29.9 Å². The lowest BCUT2D eigenvalue weighted by molar-refractivity contribution is -0.112. The first-order valence-corrected chi connectivity index (χ1v) is 9.51. The Labute approximate surface area is 168 Å². The summed E-state index contributed by atoms with van der Waals surface area (Å²) < 4.78 is 34.9. The van der Waals surface area contributed by atoms with Crippen LogP contribution in [0.1, 0.15) is 39.2 Å². The fraction of sp³-hybridized carbons (Fsp3) is 0.550. The third kappa shape index (κ3) is 4.02. The van der Waals surface area contributed by atoms with Crippen molar-refractivity contribution in [2.75, 3.05) is 7.11 Å². The molecule has 9 heteroatoms. The van der Waals surface area contributed by atoms with Gasteiger partial charge in [0.15, 0.2) is 0 Å². The van der Waals surface area contributed by atoms with Gasteiger partial charge in [-0.1, -0.05) is 25.1 Å². The molecule has 3 rings (SSSR count). The SMILES string of the molecule is COC(C)ON=C(C(C)C)C1(C(O)(Cn2cncn2)c2ccc(F)cc2F)CC1. The fourth-order valence-corrected chi connectivity index (χ4v) is 3.79. The molecule has 2 unspecified atom stereocenters. The normalized spacial score (nSPS) is 19.1. The maximum atomic E-state index is 14.8. The first kappa shape index (κ1) is 21.3. The van der Waals surface area contributed by atoms with Gasteiger partial charge in [-0.25, -0.2) is 18.4 Å². The van der Waals surface area contributed by atoms with Crippen LogP contribution in [-0.4, -0.2) is 39.0 Å². The molecule has 0 bridgehead atoms. The lowest BCUT2D eigenvalue weighted by Crippen LogP contribution is -2.47. The Morgan fingerprint density at radius 3 is 2.59 bits per heavy atom. The van der Waals surface area contributed by atoms with Crippen molar-refractivity contribution >= 4 is 5.71 Å². The van der Waals surface area contributed by atoms with Gasteiger partial charge >= 0.3 is 0 Å². The molecule has 0 saturated heterocycles. The number of rotatable bonds is 9. The number of benzene rings is 1. The molecule has 1 aliphatic rings. The van der Waals surface area contributed by atoms with Gasteiger partial charge in [-0.3, -0.25) is 0 Å². The Balaban J connectivity index is 2.11. The van der Waals surface area contributed by atoms with E-state index in [2.05, 4.69) is 15.2 Å². The third-order valence-electron chi connectivity index (χ3n) is 5.44. The summed E-state index contributed by atoms with van der Waals surface area (Å²) in [6.45, 7) is 5.48. The van der Waals surface area contributed by atoms with Crippen molar-refractivity contribution in [2.24, 2.45) is 16.5 Å². The Bertz CT molecular complexity index is 869. The molecule has 1 N–H and O–H groups in total. The maximum absolute atomic E-state index is 14.8. The zero-order valence-electron chi connectivity index (χ0n) is 17.0. The average Bonchev–Trinajstić information content (AvgIpc) is 3.31. The highest BCUT2D eigenvalue weighted by atomic mass is 19.1. The molecule has 1 fully saturated rings. The molecule has 0 amide bonds. The minimum atomic E-state index is -1.73. The van der Waals surface area contributed by atoms with Crippen molar-refractivity contribution in [2.45, 2.75) is 52.0 Å². The van der Waals surface area contributed by atoms with Crippen molar-refractivity contribution in [3.63, 3.8) is 0 Å². The van der Waals surface area contributed by atoms with Crippen LogP contribution in [0.25, 0.3) is 0 Å². The number of methoxy groups -OCH3 is 1. The highest BCUT2D eigenvalue weighted by Crippen LogP contribution is 2.61. The van der Waals surface area contributed by atoms with E-state index in [-0.39, 0.29) is 18.0 Å². The predicted octanol–water partition coefficient (Wildman–Crippen LogP) is 3.25. The van der Waals surface area contributed by atoms with Crippen LogP contribution in [-0.2, 0) is 21.7 Å². The molecule has 7 nitrogen and oxygen atoms in total. The van der Waals surface area contributed by atoms with Crippen LogP contribution in [0.4, 0.5) is 8.78 Å². The van der Waals surface area contributed by atoms with Gasteiger partial charge in [0.2, 0.25) is 6.29 Å². The van der Waals surface area contributed by atoms with E-state index in [0.29, 0.717) is 18.6 Å². The van der Waals surface area contributed by atoms with E-state index in [1.54, 1.807) is 6.92 Å². The van der Waals surface area contributed by atoms with Crippen LogP contribution in [0.15, 0.2) is 36.0 Å². The molecule has 1 aromatic heterocycles. The molecule has 29 heavy (non-hydrogen) atoms. The molecule has 1 aliphatic carbocycles. The van der Waals surface area contributed by atoms with Gasteiger partial charge in [-0.05, 0) is 24.8 Å². The Hall–Kier alpha value is -2.39. The highest BCUT2D eigenvalue weighted by molar-refractivity contribution is 5.95. The van der Waals surface area contributed by atoms with Gasteiger partial charge in [0.05, 0.1) is 12.3 Å². The summed E-state index contributed by atoms with van der Waals surface area (Å²) in [5.41, 5.74) is -2.05. The second-order valence-electron chi connectivity index (χ2n) is 7.70. The molecule has 2 aromatic rings. The Kier molecular flexibility index (Phi) is 6.00. The molecule has 0 aliphatic heterocycles. The van der Waals surface area contributed by atoms with Crippen LogP contribution >= 0.6 is 0 Å². The summed E-state index contributed by atoms with van der Waals surface area (Å²) in [4.78, 5) is 9.33. The van der Waals surface area contributed by atoms with Crippen molar-refractivity contribution < 1.29 is 23.5 Å². The number of aliphatic hydroxyl groups is 1. The summed E-state index contributed by atoms with van der Waals surface area (Å²) >= 11 is 0. The molecule has 1 aromatic carbocycles. The van der Waals surface area contributed by atoms with Crippen molar-refractivity contribution in [3.8, 4) is 0 Å². The van der Waals surface area contributed by atoms with Crippen LogP contribution in [0.5, 0.6) is 0 Å². The Morgan fingerprint density at radius 1 is 1.34 bits per heavy atom. The molecule has 1 saturated carbocycles. The van der Waals surface area contributed by atoms with E-state index in [1.165, 1.54) is 30.5 Å². The van der Waals surface area contributed by atoms with E-state index in [9.17, 15) is 13.9 Å². The molecule has 158 valence electrons. The number of hydrogen-bond donors (Lipinski definition) is 1. The van der Waals surface area contributed by atoms with E-state index in [0.717, 1.165) is 12.1 Å². The summed E-state index contributed by atoms with van der Waals surface area (Å²) in [5.74, 6) is -1.63. The van der Waals surface area contributed by atoms with Crippen LogP contribution in [0, 0.1) is 23.0 Å². The van der Waals surface area contributed by atoms with Gasteiger partial charge in [0.25, 0.3) is 0 Å². The number of aromatic nitrogens is 3. The number of ether oxygens (including phenoxy) is 1. The largest absolute Gasteiger partial charge is 0.382 e. The van der Waals surface area contributed by atoms with Crippen molar-refractivity contribution in [1.82, 2.24) is 14.8 Å². The summed E-state index contributed by atoms with van der Waals surface area (Å²) in [6, 6.07) is 3.18. The summed E-state index contributed by atoms with van der Waals surface area (Å²) in [5, 5.41) is 20.3. The molecule has 2 atom stereocenters. The van der Waals surface area contributed by atoms with Crippen LogP contribution in [0.3, 0.4) is 0 Å². The van der Waals surface area contributed by atoms with Gasteiger partial charge in [-0.2, -0.15) is 5.10 Å². The second kappa shape index (κ2) is 8.16. The second-order valence-corrected chi connectivity index (χ2v) is 7.70. The first-order valence-electron chi connectivity index (χ1n) is 9.51. The minimum Gasteiger partial charge on any atom is -0.382 e. The number of hydrogen-bond acceptors (Lipinski definition) is 6. The number of oxime groups is 1. The quantitative estimate of drug-likeness (QED) is 0.391. The third-order valence-corrected chi connectivity index (χ3v) is 5.44. The standard InChI is InChI=1S/C20H26F2N4O3/c1-13(2)18(25-29-14(3)28-4)19(7-8-19)20(27,10-26-12-23-11-24-26)16-6-5-15(21)9-17(16)22/h5-6,9,11-14,27H,7-8,10H2,1-4H3. The smallest absolute Gasteiger partial charge is 0.223 e. The van der Waals surface area contributed by atoms with Crippen LogP contribution < -0.4 is 0 Å². The zero-order chi connectivity index (χ0) is 21.2. The zero-order valence-corrected chi connectivity index (χ0v) is 17.0. The fourth-order valence-electron chi connectivity index (χ4n) is 3.79. The monoisotopic (exact) mass is 408 g/mol. The number of halogens is 2. The predicted molar refractivity (Wildman–Crippen MR) is 102 cm³/mol. The topological polar surface area (TPSA) is 81.8 Å². The van der Waals surface area contributed by atoms with E-state index in [4.69, 9.17) is 9.57 Å². The molecular formula is C20H26F2N4O3. The highest BCUT2D eigenvalue weighted by Gasteiger charge is 2.64. The van der Waals surface area contributed by atoms with E-state index in [1.807, 2.05) is 13.8 Å². The first-order chi connectivity index (χ1) is 13.7. The Morgan fingerprint density at radius 2 is 2.07 bits per heavy atom. The lowest BCUT2D eigenvalue weighted by atomic mass is 9.72. The van der Waals surface area contributed by atoms with Crippen LogP contribution in [0.2, 0.25) is 0 Å². The summed E-state index contributed by atoms with van der Waals surface area (Å²) in [7, 11) is 1.50. The lowest BCUT2D eigenvalue weighted by Gasteiger charge is -2.39. The van der Waals surface area contributed by atoms with Gasteiger partial charge in [-0.15, -0.1) is 0 Å². The van der Waals surface area contributed by atoms with Crippen molar-refractivity contribution in [3.05, 3.63) is 48.1 Å². The van der Waals surface area contributed by atoms with E-state index >= 15 is 0 Å². The molecule has 1 heterocycles. The maximum Gasteiger partial charge on any atom is 0.223 e.